The average molecular weight is 422 g/mol. The number of amides is 2. The maximum Gasteiger partial charge on any atom is 0.265 e. The molecule has 0 saturated heterocycles. The second-order valence-corrected chi connectivity index (χ2v) is 9.58. The van der Waals surface area contributed by atoms with Gasteiger partial charge >= 0.3 is 0 Å². The molecule has 0 radical (unpaired) electrons. The summed E-state index contributed by atoms with van der Waals surface area (Å²) in [6, 6.07) is 4.22. The molecule has 0 saturated carbocycles. The molecule has 1 aromatic carbocycles. The van der Waals surface area contributed by atoms with Crippen molar-refractivity contribution in [3.05, 3.63) is 34.2 Å². The van der Waals surface area contributed by atoms with Gasteiger partial charge in [-0.25, -0.2) is 8.42 Å². The molecular formula is C18H19N3O5S2. The first-order chi connectivity index (χ1) is 13.3. The lowest BCUT2D eigenvalue weighted by Gasteiger charge is -2.23. The summed E-state index contributed by atoms with van der Waals surface area (Å²) >= 11 is 1.26. The van der Waals surface area contributed by atoms with Gasteiger partial charge in [-0.2, -0.15) is 0 Å². The van der Waals surface area contributed by atoms with E-state index in [1.807, 2.05) is 0 Å². The molecule has 1 unspecified atom stereocenters. The van der Waals surface area contributed by atoms with Crippen molar-refractivity contribution in [2.24, 2.45) is 5.73 Å². The van der Waals surface area contributed by atoms with Crippen molar-refractivity contribution in [3.63, 3.8) is 0 Å². The van der Waals surface area contributed by atoms with E-state index in [4.69, 9.17) is 10.5 Å². The highest BCUT2D eigenvalue weighted by molar-refractivity contribution is 7.93. The first kappa shape index (κ1) is 18.8. The Morgan fingerprint density at radius 1 is 1.32 bits per heavy atom. The minimum Gasteiger partial charge on any atom is -0.479 e. The van der Waals surface area contributed by atoms with Crippen molar-refractivity contribution in [2.75, 3.05) is 10.0 Å². The van der Waals surface area contributed by atoms with E-state index < -0.39 is 22.0 Å². The van der Waals surface area contributed by atoms with Crippen LogP contribution in [-0.4, -0.2) is 26.3 Å². The van der Waals surface area contributed by atoms with Gasteiger partial charge in [0, 0.05) is 4.88 Å². The van der Waals surface area contributed by atoms with E-state index in [9.17, 15) is 18.0 Å². The van der Waals surface area contributed by atoms with Crippen LogP contribution in [0.5, 0.6) is 5.75 Å². The number of anilines is 2. The highest BCUT2D eigenvalue weighted by atomic mass is 32.2. The number of nitrogens with one attached hydrogen (secondary N) is 2. The molecule has 1 aliphatic carbocycles. The molecular weight excluding hydrogens is 402 g/mol. The predicted molar refractivity (Wildman–Crippen MR) is 105 cm³/mol. The maximum absolute atomic E-state index is 12.9. The van der Waals surface area contributed by atoms with Gasteiger partial charge in [-0.05, 0) is 56.4 Å². The summed E-state index contributed by atoms with van der Waals surface area (Å²) in [7, 11) is -3.99. The molecule has 4 rings (SSSR count). The Morgan fingerprint density at radius 3 is 2.82 bits per heavy atom. The molecule has 1 atom stereocenters. The van der Waals surface area contributed by atoms with Crippen LogP contribution in [0.1, 0.15) is 40.6 Å². The van der Waals surface area contributed by atoms with E-state index in [0.717, 1.165) is 29.7 Å². The summed E-state index contributed by atoms with van der Waals surface area (Å²) in [4.78, 5) is 24.7. The van der Waals surface area contributed by atoms with E-state index in [1.165, 1.54) is 29.5 Å². The highest BCUT2D eigenvalue weighted by Crippen LogP contribution is 2.39. The van der Waals surface area contributed by atoms with Gasteiger partial charge in [-0.15, -0.1) is 11.3 Å². The summed E-state index contributed by atoms with van der Waals surface area (Å²) < 4.78 is 33.8. The number of carbonyl (C=O) groups is 2. The second kappa shape index (κ2) is 6.78. The molecule has 1 aliphatic heterocycles. The van der Waals surface area contributed by atoms with Gasteiger partial charge in [0.1, 0.15) is 10.8 Å². The number of hydrogen-bond donors (Lipinski definition) is 3. The standard InChI is InChI=1S/C18H19N3O5S2/c1-9-17(23)20-12-8-10(6-7-13(12)26-9)28(24,25)21-18-15(16(19)22)11-4-2-3-5-14(11)27-18/h6-9,21H,2-5H2,1H3,(H2,19,22)(H,20,23). The number of carbonyl (C=O) groups excluding carboxylic acids is 2. The molecule has 8 nitrogen and oxygen atoms in total. The minimum atomic E-state index is -3.99. The summed E-state index contributed by atoms with van der Waals surface area (Å²) in [6.45, 7) is 1.61. The van der Waals surface area contributed by atoms with Gasteiger partial charge < -0.3 is 15.8 Å². The Bertz CT molecular complexity index is 1090. The molecule has 2 aromatic rings. The van der Waals surface area contributed by atoms with E-state index >= 15 is 0 Å². The first-order valence-electron chi connectivity index (χ1n) is 8.85. The zero-order valence-corrected chi connectivity index (χ0v) is 16.7. The Labute approximate surface area is 166 Å². The SMILES string of the molecule is CC1Oc2ccc(S(=O)(=O)Nc3sc4c(c3C(N)=O)CCCC4)cc2NC1=O. The van der Waals surface area contributed by atoms with Gasteiger partial charge in [0.15, 0.2) is 6.10 Å². The molecule has 1 aromatic heterocycles. The Balaban J connectivity index is 1.69. The number of sulfonamides is 1. The molecule has 4 N–H and O–H groups in total. The first-order valence-corrected chi connectivity index (χ1v) is 11.1. The number of thiophene rings is 1. The quantitative estimate of drug-likeness (QED) is 0.698. The van der Waals surface area contributed by atoms with E-state index in [0.29, 0.717) is 12.2 Å². The number of aryl methyl sites for hydroxylation is 1. The zero-order valence-electron chi connectivity index (χ0n) is 15.1. The van der Waals surface area contributed by atoms with Crippen LogP contribution in [0.15, 0.2) is 23.1 Å². The summed E-state index contributed by atoms with van der Waals surface area (Å²) in [5.41, 5.74) is 6.92. The smallest absolute Gasteiger partial charge is 0.265 e. The molecule has 0 bridgehead atoms. The number of hydrogen-bond acceptors (Lipinski definition) is 6. The largest absolute Gasteiger partial charge is 0.479 e. The van der Waals surface area contributed by atoms with Crippen molar-refractivity contribution < 1.29 is 22.7 Å². The zero-order chi connectivity index (χ0) is 20.1. The fourth-order valence-corrected chi connectivity index (χ4v) is 6.06. The van der Waals surface area contributed by atoms with Crippen molar-refractivity contribution >= 4 is 43.9 Å². The lowest BCUT2D eigenvalue weighted by Crippen LogP contribution is -2.34. The van der Waals surface area contributed by atoms with Crippen LogP contribution in [0.25, 0.3) is 0 Å². The van der Waals surface area contributed by atoms with Crippen LogP contribution < -0.4 is 20.5 Å². The highest BCUT2D eigenvalue weighted by Gasteiger charge is 2.29. The number of primary amides is 1. The van der Waals surface area contributed by atoms with Crippen LogP contribution in [0, 0.1) is 0 Å². The number of fused-ring (bicyclic) bond motifs is 2. The Hall–Kier alpha value is -2.59. The number of benzene rings is 1. The fourth-order valence-electron chi connectivity index (χ4n) is 3.43. The monoisotopic (exact) mass is 421 g/mol. The Morgan fingerprint density at radius 2 is 2.07 bits per heavy atom. The number of ether oxygens (including phenoxy) is 1. The molecule has 148 valence electrons. The third-order valence-electron chi connectivity index (χ3n) is 4.84. The van der Waals surface area contributed by atoms with Crippen molar-refractivity contribution in [3.8, 4) is 5.75 Å². The molecule has 2 amide bonds. The van der Waals surface area contributed by atoms with Crippen LogP contribution >= 0.6 is 11.3 Å². The predicted octanol–water partition coefficient (Wildman–Crippen LogP) is 2.25. The van der Waals surface area contributed by atoms with Gasteiger partial charge in [0.05, 0.1) is 16.1 Å². The second-order valence-electron chi connectivity index (χ2n) is 6.79. The molecule has 10 heteroatoms. The van der Waals surface area contributed by atoms with E-state index in [-0.39, 0.29) is 27.1 Å². The summed E-state index contributed by atoms with van der Waals surface area (Å²) in [5, 5.41) is 2.87. The third kappa shape index (κ3) is 3.22. The molecule has 2 aliphatic rings. The van der Waals surface area contributed by atoms with Gasteiger partial charge in [-0.1, -0.05) is 0 Å². The van der Waals surface area contributed by atoms with Crippen LogP contribution in [0.2, 0.25) is 0 Å². The van der Waals surface area contributed by atoms with Gasteiger partial charge in [0.2, 0.25) is 0 Å². The van der Waals surface area contributed by atoms with E-state index in [1.54, 1.807) is 6.92 Å². The average Bonchev–Trinajstić information content (AvgIpc) is 2.99. The molecule has 28 heavy (non-hydrogen) atoms. The van der Waals surface area contributed by atoms with Gasteiger partial charge in [0.25, 0.3) is 21.8 Å². The van der Waals surface area contributed by atoms with Gasteiger partial charge in [-0.3, -0.25) is 14.3 Å². The minimum absolute atomic E-state index is 0.0495. The van der Waals surface area contributed by atoms with Crippen molar-refractivity contribution in [1.82, 2.24) is 0 Å². The fraction of sp³-hybridized carbons (Fsp3) is 0.333. The molecule has 2 heterocycles. The molecule has 0 spiro atoms. The lowest BCUT2D eigenvalue weighted by molar-refractivity contribution is -0.122. The third-order valence-corrected chi connectivity index (χ3v) is 7.52. The maximum atomic E-state index is 12.9. The van der Waals surface area contributed by atoms with E-state index in [2.05, 4.69) is 10.0 Å². The van der Waals surface area contributed by atoms with Crippen LogP contribution in [-0.2, 0) is 27.7 Å². The van der Waals surface area contributed by atoms with Crippen molar-refractivity contribution in [1.29, 1.82) is 0 Å². The Kier molecular flexibility index (Phi) is 4.54. The van der Waals surface area contributed by atoms with Crippen LogP contribution in [0.4, 0.5) is 10.7 Å². The number of rotatable bonds is 4. The molecule has 0 fully saturated rings. The topological polar surface area (TPSA) is 128 Å². The lowest BCUT2D eigenvalue weighted by atomic mass is 9.95. The normalized spacial score (nSPS) is 18.5. The number of nitrogens with two attached hydrogens (primary N) is 1. The summed E-state index contributed by atoms with van der Waals surface area (Å²) in [5.74, 6) is -0.593. The van der Waals surface area contributed by atoms with Crippen LogP contribution in [0.3, 0.4) is 0 Å². The summed E-state index contributed by atoms with van der Waals surface area (Å²) in [6.07, 6.45) is 2.82. The van der Waals surface area contributed by atoms with Crippen molar-refractivity contribution in [2.45, 2.75) is 43.6 Å².